The number of fused-ring (bicyclic) bond motifs is 1. The SMILES string of the molecule is O=C(O)CCNCCc1ccc(-c2nc3ccc(C4(c5ccccc5)C=C4)nc3s2)c(F)c1. The first-order chi connectivity index (χ1) is 16.0. The number of aliphatic carboxylic acids is 1. The van der Waals surface area contributed by atoms with E-state index in [0.717, 1.165) is 21.6 Å². The fourth-order valence-electron chi connectivity index (χ4n) is 3.91. The molecular formula is C26H22FN3O2S. The van der Waals surface area contributed by atoms with Crippen LogP contribution in [-0.2, 0) is 16.6 Å². The van der Waals surface area contributed by atoms with E-state index in [4.69, 9.17) is 10.1 Å². The van der Waals surface area contributed by atoms with E-state index in [0.29, 0.717) is 30.1 Å². The molecule has 2 aromatic carbocycles. The smallest absolute Gasteiger partial charge is 0.304 e. The molecule has 0 bridgehead atoms. The third-order valence-corrected chi connectivity index (χ3v) is 6.80. The van der Waals surface area contributed by atoms with Gasteiger partial charge in [-0.1, -0.05) is 59.9 Å². The second-order valence-electron chi connectivity index (χ2n) is 8.07. The highest BCUT2D eigenvalue weighted by atomic mass is 32.1. The first-order valence-corrected chi connectivity index (χ1v) is 11.6. The number of carboxylic acid groups (broad SMARTS) is 1. The van der Waals surface area contributed by atoms with E-state index in [-0.39, 0.29) is 17.7 Å². The Morgan fingerprint density at radius 3 is 2.58 bits per heavy atom. The van der Waals surface area contributed by atoms with E-state index in [1.807, 2.05) is 36.4 Å². The summed E-state index contributed by atoms with van der Waals surface area (Å²) in [5.74, 6) is -1.15. The fourth-order valence-corrected chi connectivity index (χ4v) is 4.88. The second kappa shape index (κ2) is 8.84. The minimum Gasteiger partial charge on any atom is -0.481 e. The molecule has 0 unspecified atom stereocenters. The average Bonchev–Trinajstić information content (AvgIpc) is 3.52. The third kappa shape index (κ3) is 4.42. The van der Waals surface area contributed by atoms with Crippen LogP contribution in [0.1, 0.15) is 23.2 Å². The molecule has 0 aliphatic heterocycles. The number of benzene rings is 2. The molecule has 1 aliphatic rings. The summed E-state index contributed by atoms with van der Waals surface area (Å²) in [6, 6.07) is 19.4. The number of carbonyl (C=O) groups is 1. The summed E-state index contributed by atoms with van der Waals surface area (Å²) in [5.41, 5.74) is 3.94. The Morgan fingerprint density at radius 2 is 1.85 bits per heavy atom. The van der Waals surface area contributed by atoms with E-state index in [2.05, 4.69) is 34.6 Å². The van der Waals surface area contributed by atoms with Crippen LogP contribution in [0, 0.1) is 5.82 Å². The number of hydrogen-bond donors (Lipinski definition) is 2. The monoisotopic (exact) mass is 459 g/mol. The summed E-state index contributed by atoms with van der Waals surface area (Å²) in [4.78, 5) is 20.8. The normalized spacial score (nSPS) is 14.0. The lowest BCUT2D eigenvalue weighted by Gasteiger charge is -2.15. The molecule has 2 N–H and O–H groups in total. The molecule has 0 spiro atoms. The molecule has 0 saturated carbocycles. The minimum atomic E-state index is -0.834. The maximum Gasteiger partial charge on any atom is 0.304 e. The highest BCUT2D eigenvalue weighted by molar-refractivity contribution is 7.21. The Morgan fingerprint density at radius 1 is 1.03 bits per heavy atom. The predicted octanol–water partition coefficient (Wildman–Crippen LogP) is 4.96. The van der Waals surface area contributed by atoms with Crippen molar-refractivity contribution < 1.29 is 14.3 Å². The lowest BCUT2D eigenvalue weighted by atomic mass is 9.89. The number of pyridine rings is 1. The number of halogens is 1. The molecule has 166 valence electrons. The Balaban J connectivity index is 1.34. The highest BCUT2D eigenvalue weighted by Crippen LogP contribution is 2.45. The minimum absolute atomic E-state index is 0.0726. The summed E-state index contributed by atoms with van der Waals surface area (Å²) in [6.45, 7) is 0.995. The van der Waals surface area contributed by atoms with Gasteiger partial charge in [-0.15, -0.1) is 0 Å². The molecule has 0 atom stereocenters. The predicted molar refractivity (Wildman–Crippen MR) is 128 cm³/mol. The van der Waals surface area contributed by atoms with Crippen LogP contribution < -0.4 is 5.32 Å². The van der Waals surface area contributed by atoms with Gasteiger partial charge >= 0.3 is 5.97 Å². The first kappa shape index (κ1) is 21.4. The van der Waals surface area contributed by atoms with E-state index in [1.165, 1.54) is 23.0 Å². The quantitative estimate of drug-likeness (QED) is 0.273. The Kier molecular flexibility index (Phi) is 5.74. The molecule has 1 aliphatic carbocycles. The van der Waals surface area contributed by atoms with Crippen LogP contribution in [0.4, 0.5) is 4.39 Å². The number of rotatable bonds is 9. The molecule has 2 aromatic heterocycles. The van der Waals surface area contributed by atoms with Crippen molar-refractivity contribution in [3.8, 4) is 10.6 Å². The fraction of sp³-hybridized carbons (Fsp3) is 0.192. The molecule has 0 saturated heterocycles. The van der Waals surface area contributed by atoms with Crippen molar-refractivity contribution in [3.63, 3.8) is 0 Å². The largest absolute Gasteiger partial charge is 0.481 e. The lowest BCUT2D eigenvalue weighted by Crippen LogP contribution is -2.20. The second-order valence-corrected chi connectivity index (χ2v) is 9.04. The number of nitrogens with one attached hydrogen (secondary N) is 1. The lowest BCUT2D eigenvalue weighted by molar-refractivity contribution is -0.136. The molecule has 0 amide bonds. The van der Waals surface area contributed by atoms with E-state index >= 15 is 0 Å². The maximum absolute atomic E-state index is 14.9. The topological polar surface area (TPSA) is 75.1 Å². The van der Waals surface area contributed by atoms with E-state index in [9.17, 15) is 9.18 Å². The number of allylic oxidation sites excluding steroid dienone is 2. The van der Waals surface area contributed by atoms with Crippen molar-refractivity contribution in [1.29, 1.82) is 0 Å². The number of carboxylic acids is 1. The molecule has 5 nitrogen and oxygen atoms in total. The summed E-state index contributed by atoms with van der Waals surface area (Å²) < 4.78 is 14.9. The molecule has 0 radical (unpaired) electrons. The van der Waals surface area contributed by atoms with Gasteiger partial charge in [0, 0.05) is 12.1 Å². The van der Waals surface area contributed by atoms with Crippen molar-refractivity contribution >= 4 is 27.7 Å². The summed E-state index contributed by atoms with van der Waals surface area (Å²) in [5, 5.41) is 12.3. The molecule has 0 fully saturated rings. The van der Waals surface area contributed by atoms with Crippen LogP contribution in [-0.4, -0.2) is 34.1 Å². The van der Waals surface area contributed by atoms with Gasteiger partial charge in [-0.3, -0.25) is 4.79 Å². The van der Waals surface area contributed by atoms with Gasteiger partial charge < -0.3 is 10.4 Å². The van der Waals surface area contributed by atoms with Crippen molar-refractivity contribution in [1.82, 2.24) is 15.3 Å². The van der Waals surface area contributed by atoms with Gasteiger partial charge in [0.25, 0.3) is 0 Å². The zero-order valence-corrected chi connectivity index (χ0v) is 18.6. The maximum atomic E-state index is 14.9. The van der Waals surface area contributed by atoms with Gasteiger partial charge in [0.05, 0.1) is 17.5 Å². The first-order valence-electron chi connectivity index (χ1n) is 10.8. The van der Waals surface area contributed by atoms with E-state index < -0.39 is 5.97 Å². The van der Waals surface area contributed by atoms with Crippen LogP contribution in [0.25, 0.3) is 20.9 Å². The summed E-state index contributed by atoms with van der Waals surface area (Å²) in [7, 11) is 0. The molecular weight excluding hydrogens is 437 g/mol. The molecule has 7 heteroatoms. The molecule has 5 rings (SSSR count). The molecule has 4 aromatic rings. The number of aromatic nitrogens is 2. The van der Waals surface area contributed by atoms with Gasteiger partial charge in [-0.2, -0.15) is 0 Å². The van der Waals surface area contributed by atoms with Gasteiger partial charge in [-0.05, 0) is 48.4 Å². The third-order valence-electron chi connectivity index (χ3n) is 5.80. The Labute approximate surface area is 194 Å². The summed E-state index contributed by atoms with van der Waals surface area (Å²) >= 11 is 1.39. The van der Waals surface area contributed by atoms with Crippen LogP contribution in [0.2, 0.25) is 0 Å². The zero-order valence-electron chi connectivity index (χ0n) is 17.8. The highest BCUT2D eigenvalue weighted by Gasteiger charge is 2.39. The zero-order chi connectivity index (χ0) is 22.8. The Hall–Kier alpha value is -3.42. The summed E-state index contributed by atoms with van der Waals surface area (Å²) in [6.07, 6.45) is 4.99. The Bertz CT molecular complexity index is 1340. The van der Waals surface area contributed by atoms with Gasteiger partial charge in [0.2, 0.25) is 0 Å². The average molecular weight is 460 g/mol. The van der Waals surface area contributed by atoms with Gasteiger partial charge in [0.1, 0.15) is 21.2 Å². The molecule has 2 heterocycles. The number of hydrogen-bond acceptors (Lipinski definition) is 5. The van der Waals surface area contributed by atoms with Crippen LogP contribution in [0.3, 0.4) is 0 Å². The van der Waals surface area contributed by atoms with Crippen LogP contribution in [0.15, 0.2) is 72.8 Å². The molecule has 33 heavy (non-hydrogen) atoms. The van der Waals surface area contributed by atoms with Crippen LogP contribution >= 0.6 is 11.3 Å². The van der Waals surface area contributed by atoms with Crippen molar-refractivity contribution in [2.75, 3.05) is 13.1 Å². The van der Waals surface area contributed by atoms with Crippen molar-refractivity contribution in [2.24, 2.45) is 0 Å². The standard InChI is InChI=1S/C26H22FN3O2S/c27-20-16-17(10-14-28-15-11-23(31)32)6-7-19(20)24-29-21-8-9-22(30-25(21)33-24)26(12-13-26)18-4-2-1-3-5-18/h1-9,12-13,16,28H,10-11,14-15H2,(H,31,32). The van der Waals surface area contributed by atoms with Crippen molar-refractivity contribution in [3.05, 3.63) is 95.5 Å². The van der Waals surface area contributed by atoms with Gasteiger partial charge in [0.15, 0.2) is 0 Å². The van der Waals surface area contributed by atoms with Crippen molar-refractivity contribution in [2.45, 2.75) is 18.3 Å². The van der Waals surface area contributed by atoms with E-state index in [1.54, 1.807) is 6.07 Å². The van der Waals surface area contributed by atoms with Gasteiger partial charge in [-0.25, -0.2) is 14.4 Å². The number of nitrogens with zero attached hydrogens (tertiary/aromatic N) is 2. The number of thiazole rings is 1. The van der Waals surface area contributed by atoms with Crippen LogP contribution in [0.5, 0.6) is 0 Å².